The van der Waals surface area contributed by atoms with Gasteiger partial charge in [0.25, 0.3) is 0 Å². The largest absolute Gasteiger partial charge is 0.469 e. The monoisotopic (exact) mass is 314 g/mol. The Morgan fingerprint density at radius 1 is 1.50 bits per heavy atom. The summed E-state index contributed by atoms with van der Waals surface area (Å²) in [6.45, 7) is 0.482. The summed E-state index contributed by atoms with van der Waals surface area (Å²) in [5.74, 6) is 0.713. The van der Waals surface area contributed by atoms with Crippen molar-refractivity contribution in [3.05, 3.63) is 28.2 Å². The lowest BCUT2D eigenvalue weighted by Crippen LogP contribution is -2.27. The van der Waals surface area contributed by atoms with Gasteiger partial charge >= 0.3 is 5.97 Å². The van der Waals surface area contributed by atoms with Gasteiger partial charge < -0.3 is 13.7 Å². The fourth-order valence-corrected chi connectivity index (χ4v) is 2.92. The third-order valence-corrected chi connectivity index (χ3v) is 3.99. The van der Waals surface area contributed by atoms with Crippen molar-refractivity contribution in [1.29, 1.82) is 0 Å². The lowest BCUT2D eigenvalue weighted by Gasteiger charge is -2.23. The Bertz CT molecular complexity index is 663. The van der Waals surface area contributed by atoms with Crippen LogP contribution in [0.4, 0.5) is 0 Å². The second-order valence-electron chi connectivity index (χ2n) is 4.65. The predicted octanol–water partition coefficient (Wildman–Crippen LogP) is 3.19. The van der Waals surface area contributed by atoms with Crippen LogP contribution in [0, 0.1) is 5.92 Å². The molecule has 0 aromatic carbocycles. The Kier molecular flexibility index (Phi) is 3.48. The molecule has 1 atom stereocenters. The van der Waals surface area contributed by atoms with Gasteiger partial charge in [-0.25, -0.2) is 4.98 Å². The number of imidazole rings is 1. The summed E-state index contributed by atoms with van der Waals surface area (Å²) in [6, 6.07) is 3.38. The number of nitrogens with zero attached hydrogens (tertiary/aromatic N) is 2. The van der Waals surface area contributed by atoms with Gasteiger partial charge in [0.05, 0.1) is 18.7 Å². The average molecular weight is 315 g/mol. The fraction of sp³-hybridized carbons (Fsp3) is 0.385. The van der Waals surface area contributed by atoms with E-state index in [0.717, 1.165) is 5.69 Å². The Morgan fingerprint density at radius 3 is 2.95 bits per heavy atom. The minimum absolute atomic E-state index is 0.193. The zero-order valence-electron chi connectivity index (χ0n) is 10.7. The third kappa shape index (κ3) is 2.21. The topological polar surface area (TPSA) is 57.3 Å². The number of furan rings is 1. The van der Waals surface area contributed by atoms with Crippen LogP contribution in [-0.4, -0.2) is 22.6 Å². The molecule has 1 unspecified atom stereocenters. The molecule has 0 radical (unpaired) electrons. The molecule has 0 spiro atoms. The lowest BCUT2D eigenvalue weighted by molar-refractivity contribution is -0.146. The SMILES string of the molecule is COC(=O)C1CCc2c(Cl)nc(-c3ccc(Cl)o3)n2C1. The van der Waals surface area contributed by atoms with E-state index in [-0.39, 0.29) is 17.1 Å². The van der Waals surface area contributed by atoms with Gasteiger partial charge in [-0.3, -0.25) is 4.79 Å². The number of hydrogen-bond donors (Lipinski definition) is 0. The van der Waals surface area contributed by atoms with Gasteiger partial charge in [0, 0.05) is 6.54 Å². The van der Waals surface area contributed by atoms with Gasteiger partial charge in [0.2, 0.25) is 0 Å². The number of aromatic nitrogens is 2. The first-order chi connectivity index (χ1) is 9.60. The summed E-state index contributed by atoms with van der Waals surface area (Å²) in [5, 5.41) is 0.727. The van der Waals surface area contributed by atoms with Crippen LogP contribution in [-0.2, 0) is 22.5 Å². The summed E-state index contributed by atoms with van der Waals surface area (Å²) in [4.78, 5) is 16.0. The van der Waals surface area contributed by atoms with E-state index in [1.165, 1.54) is 7.11 Å². The number of esters is 1. The highest BCUT2D eigenvalue weighted by Crippen LogP contribution is 2.33. The summed E-state index contributed by atoms with van der Waals surface area (Å²) < 4.78 is 12.1. The van der Waals surface area contributed by atoms with E-state index in [1.54, 1.807) is 12.1 Å². The first kappa shape index (κ1) is 13.5. The van der Waals surface area contributed by atoms with E-state index < -0.39 is 0 Å². The molecule has 1 aliphatic heterocycles. The van der Waals surface area contributed by atoms with Gasteiger partial charge in [-0.1, -0.05) is 11.6 Å². The van der Waals surface area contributed by atoms with Crippen LogP contribution in [0.15, 0.2) is 16.5 Å². The first-order valence-corrected chi connectivity index (χ1v) is 6.94. The number of rotatable bonds is 2. The lowest BCUT2D eigenvalue weighted by atomic mass is 9.98. The molecule has 1 aliphatic rings. The van der Waals surface area contributed by atoms with Crippen molar-refractivity contribution in [2.24, 2.45) is 5.92 Å². The molecule has 0 saturated heterocycles. The molecule has 0 N–H and O–H groups in total. The molecular formula is C13H12Cl2N2O3. The van der Waals surface area contributed by atoms with E-state index in [1.807, 2.05) is 4.57 Å². The molecule has 106 valence electrons. The quantitative estimate of drug-likeness (QED) is 0.799. The summed E-state index contributed by atoms with van der Waals surface area (Å²) in [7, 11) is 1.39. The number of carbonyl (C=O) groups excluding carboxylic acids is 1. The van der Waals surface area contributed by atoms with Crippen molar-refractivity contribution in [2.75, 3.05) is 7.11 Å². The standard InChI is InChI=1S/C13H12Cl2N2O3/c1-19-13(18)7-2-3-8-11(15)16-12(17(8)6-7)9-4-5-10(14)20-9/h4-5,7H,2-3,6H2,1H3. The second-order valence-corrected chi connectivity index (χ2v) is 5.38. The molecule has 0 fully saturated rings. The first-order valence-electron chi connectivity index (χ1n) is 6.18. The van der Waals surface area contributed by atoms with Crippen LogP contribution < -0.4 is 0 Å². The maximum absolute atomic E-state index is 11.7. The molecular weight excluding hydrogens is 303 g/mol. The van der Waals surface area contributed by atoms with Gasteiger partial charge in [0.1, 0.15) is 0 Å². The Morgan fingerprint density at radius 2 is 2.30 bits per heavy atom. The zero-order chi connectivity index (χ0) is 14.3. The number of ether oxygens (including phenoxy) is 1. The molecule has 20 heavy (non-hydrogen) atoms. The van der Waals surface area contributed by atoms with Crippen molar-refractivity contribution in [1.82, 2.24) is 9.55 Å². The smallest absolute Gasteiger partial charge is 0.310 e. The number of methoxy groups -OCH3 is 1. The van der Waals surface area contributed by atoms with Crippen molar-refractivity contribution in [3.8, 4) is 11.6 Å². The normalized spacial score (nSPS) is 17.9. The second kappa shape index (κ2) is 5.14. The van der Waals surface area contributed by atoms with Crippen LogP contribution in [0.1, 0.15) is 12.1 Å². The maximum atomic E-state index is 11.7. The Balaban J connectivity index is 2.01. The molecule has 0 saturated carbocycles. The van der Waals surface area contributed by atoms with Gasteiger partial charge in [-0.2, -0.15) is 0 Å². The van der Waals surface area contributed by atoms with Crippen LogP contribution in [0.5, 0.6) is 0 Å². The fourth-order valence-electron chi connectivity index (χ4n) is 2.50. The van der Waals surface area contributed by atoms with E-state index in [2.05, 4.69) is 4.98 Å². The Labute approximate surface area is 125 Å². The molecule has 2 aromatic rings. The molecule has 0 amide bonds. The molecule has 2 aromatic heterocycles. The number of carbonyl (C=O) groups is 1. The zero-order valence-corrected chi connectivity index (χ0v) is 12.2. The average Bonchev–Trinajstić information content (AvgIpc) is 3.02. The number of hydrogen-bond acceptors (Lipinski definition) is 4. The van der Waals surface area contributed by atoms with Crippen molar-refractivity contribution in [3.63, 3.8) is 0 Å². The minimum atomic E-state index is -0.219. The van der Waals surface area contributed by atoms with E-state index in [4.69, 9.17) is 32.4 Å². The van der Waals surface area contributed by atoms with Crippen LogP contribution >= 0.6 is 23.2 Å². The summed E-state index contributed by atoms with van der Waals surface area (Å²) in [6.07, 6.45) is 1.39. The third-order valence-electron chi connectivity index (χ3n) is 3.48. The van der Waals surface area contributed by atoms with Crippen molar-refractivity contribution >= 4 is 29.2 Å². The highest BCUT2D eigenvalue weighted by Gasteiger charge is 2.30. The van der Waals surface area contributed by atoms with Gasteiger partial charge in [-0.15, -0.1) is 0 Å². The van der Waals surface area contributed by atoms with E-state index in [9.17, 15) is 4.79 Å². The number of fused-ring (bicyclic) bond motifs is 1. The minimum Gasteiger partial charge on any atom is -0.469 e. The molecule has 3 heterocycles. The molecule has 3 rings (SSSR count). The highest BCUT2D eigenvalue weighted by molar-refractivity contribution is 6.30. The summed E-state index contributed by atoms with van der Waals surface area (Å²) >= 11 is 11.9. The van der Waals surface area contributed by atoms with Crippen LogP contribution in [0.25, 0.3) is 11.6 Å². The predicted molar refractivity (Wildman–Crippen MR) is 73.8 cm³/mol. The van der Waals surface area contributed by atoms with E-state index in [0.29, 0.717) is 36.1 Å². The Hall–Kier alpha value is -1.46. The van der Waals surface area contributed by atoms with E-state index >= 15 is 0 Å². The van der Waals surface area contributed by atoms with Gasteiger partial charge in [-0.05, 0) is 36.6 Å². The van der Waals surface area contributed by atoms with Crippen LogP contribution in [0.3, 0.4) is 0 Å². The molecule has 7 heteroatoms. The van der Waals surface area contributed by atoms with Gasteiger partial charge in [0.15, 0.2) is 22.0 Å². The maximum Gasteiger partial charge on any atom is 0.310 e. The van der Waals surface area contributed by atoms with Crippen LogP contribution in [0.2, 0.25) is 10.4 Å². The molecule has 5 nitrogen and oxygen atoms in total. The highest BCUT2D eigenvalue weighted by atomic mass is 35.5. The van der Waals surface area contributed by atoms with Crippen molar-refractivity contribution < 1.29 is 13.9 Å². The summed E-state index contributed by atoms with van der Waals surface area (Å²) in [5.41, 5.74) is 0.911. The molecule has 0 bridgehead atoms. The van der Waals surface area contributed by atoms with Crippen molar-refractivity contribution in [2.45, 2.75) is 19.4 Å². The number of halogens is 2. The molecule has 0 aliphatic carbocycles.